The van der Waals surface area contributed by atoms with Gasteiger partial charge in [0.1, 0.15) is 5.75 Å². The van der Waals surface area contributed by atoms with Crippen molar-refractivity contribution in [2.24, 2.45) is 0 Å². The van der Waals surface area contributed by atoms with Gasteiger partial charge in [-0.2, -0.15) is 0 Å². The fraction of sp³-hybridized carbons (Fsp3) is 0.250. The summed E-state index contributed by atoms with van der Waals surface area (Å²) in [4.78, 5) is 11.5. The fourth-order valence-corrected chi connectivity index (χ4v) is 3.32. The van der Waals surface area contributed by atoms with Crippen LogP contribution in [0, 0.1) is 13.8 Å². The molecule has 0 fully saturated rings. The summed E-state index contributed by atoms with van der Waals surface area (Å²) < 4.78 is 7.75. The molecule has 0 radical (unpaired) electrons. The largest absolute Gasteiger partial charge is 0.494 e. The summed E-state index contributed by atoms with van der Waals surface area (Å²) >= 11 is 12.2. The van der Waals surface area contributed by atoms with Crippen LogP contribution in [0.1, 0.15) is 27.9 Å². The van der Waals surface area contributed by atoms with Crippen LogP contribution in [0.5, 0.6) is 5.75 Å². The lowest BCUT2D eigenvalue weighted by Crippen LogP contribution is -2.04. The van der Waals surface area contributed by atoms with E-state index in [1.165, 1.54) is 0 Å². The average molecular weight is 392 g/mol. The normalized spacial score (nSPS) is 11.1. The minimum absolute atomic E-state index is 0.257. The summed E-state index contributed by atoms with van der Waals surface area (Å²) in [5, 5.41) is 11.3. The summed E-state index contributed by atoms with van der Waals surface area (Å²) in [6.45, 7) is 5.08. The van der Waals surface area contributed by atoms with Crippen molar-refractivity contribution in [1.82, 2.24) is 4.57 Å². The fourth-order valence-electron chi connectivity index (χ4n) is 3.04. The van der Waals surface area contributed by atoms with E-state index in [2.05, 4.69) is 0 Å². The number of aryl methyl sites for hydroxylation is 3. The number of halogens is 2. The molecule has 0 atom stereocenters. The Morgan fingerprint density at radius 1 is 1.15 bits per heavy atom. The van der Waals surface area contributed by atoms with Crippen molar-refractivity contribution in [1.29, 1.82) is 0 Å². The Balaban J connectivity index is 1.70. The number of ether oxygens (including phenoxy) is 1. The summed E-state index contributed by atoms with van der Waals surface area (Å²) in [5.41, 5.74) is 3.08. The van der Waals surface area contributed by atoms with Crippen LogP contribution in [-0.4, -0.2) is 22.2 Å². The second kappa shape index (κ2) is 7.60. The Hall–Kier alpha value is -2.17. The number of hydrogen-bond acceptors (Lipinski definition) is 2. The van der Waals surface area contributed by atoms with Crippen molar-refractivity contribution in [3.8, 4) is 5.75 Å². The predicted molar refractivity (Wildman–Crippen MR) is 105 cm³/mol. The van der Waals surface area contributed by atoms with Crippen LogP contribution in [0.4, 0.5) is 0 Å². The topological polar surface area (TPSA) is 51.5 Å². The summed E-state index contributed by atoms with van der Waals surface area (Å²) in [6.07, 6.45) is 2.39. The number of carboxylic acids is 1. The van der Waals surface area contributed by atoms with Crippen LogP contribution in [0.15, 0.2) is 36.5 Å². The SMILES string of the molecule is Cc1cc(OCCCn2cc(C(=O)O)c3cc(Cl)ccc32)cc(C)c1Cl. The quantitative estimate of drug-likeness (QED) is 0.545. The third-order valence-corrected chi connectivity index (χ3v) is 5.13. The van der Waals surface area contributed by atoms with Gasteiger partial charge in [-0.05, 0) is 61.7 Å². The number of carbonyl (C=O) groups is 1. The molecule has 0 spiro atoms. The number of fused-ring (bicyclic) bond motifs is 1. The molecule has 0 saturated heterocycles. The molecule has 136 valence electrons. The molecule has 0 amide bonds. The van der Waals surface area contributed by atoms with E-state index in [1.54, 1.807) is 18.3 Å². The van der Waals surface area contributed by atoms with Crippen molar-refractivity contribution < 1.29 is 14.6 Å². The zero-order valence-electron chi connectivity index (χ0n) is 14.6. The van der Waals surface area contributed by atoms with Gasteiger partial charge in [0.05, 0.1) is 12.2 Å². The Morgan fingerprint density at radius 2 is 1.85 bits per heavy atom. The molecule has 1 heterocycles. The lowest BCUT2D eigenvalue weighted by molar-refractivity contribution is 0.0699. The molecule has 3 rings (SSSR count). The molecule has 0 bridgehead atoms. The molecule has 1 N–H and O–H groups in total. The lowest BCUT2D eigenvalue weighted by Gasteiger charge is -2.11. The molecule has 1 aromatic heterocycles. The van der Waals surface area contributed by atoms with Gasteiger partial charge in [0.25, 0.3) is 0 Å². The third kappa shape index (κ3) is 3.81. The monoisotopic (exact) mass is 391 g/mol. The van der Waals surface area contributed by atoms with Gasteiger partial charge < -0.3 is 14.4 Å². The molecule has 3 aromatic rings. The number of nitrogens with zero attached hydrogens (tertiary/aromatic N) is 1. The van der Waals surface area contributed by atoms with Crippen LogP contribution in [-0.2, 0) is 6.54 Å². The number of hydrogen-bond donors (Lipinski definition) is 1. The van der Waals surface area contributed by atoms with E-state index in [0.717, 1.165) is 33.8 Å². The van der Waals surface area contributed by atoms with Gasteiger partial charge in [0.2, 0.25) is 0 Å². The van der Waals surface area contributed by atoms with Crippen LogP contribution < -0.4 is 4.74 Å². The first-order valence-corrected chi connectivity index (χ1v) is 9.03. The Morgan fingerprint density at radius 3 is 2.50 bits per heavy atom. The van der Waals surface area contributed by atoms with Gasteiger partial charge in [0, 0.05) is 33.7 Å². The summed E-state index contributed by atoms with van der Waals surface area (Å²) in [6, 6.07) is 9.14. The Labute approximate surface area is 161 Å². The number of benzene rings is 2. The molecule has 6 heteroatoms. The van der Waals surface area contributed by atoms with Crippen LogP contribution >= 0.6 is 23.2 Å². The predicted octanol–water partition coefficient (Wildman–Crippen LogP) is 5.73. The standard InChI is InChI=1S/C20H19Cl2NO3/c1-12-8-15(9-13(2)19(12)22)26-7-3-6-23-11-17(20(24)25)16-10-14(21)4-5-18(16)23/h4-5,8-11H,3,6-7H2,1-2H3,(H,24,25). The summed E-state index contributed by atoms with van der Waals surface area (Å²) in [5.74, 6) is -0.167. The van der Waals surface area contributed by atoms with Crippen molar-refractivity contribution in [2.75, 3.05) is 6.61 Å². The van der Waals surface area contributed by atoms with Gasteiger partial charge >= 0.3 is 5.97 Å². The van der Waals surface area contributed by atoms with Crippen LogP contribution in [0.2, 0.25) is 10.0 Å². The summed E-state index contributed by atoms with van der Waals surface area (Å²) in [7, 11) is 0. The van der Waals surface area contributed by atoms with Gasteiger partial charge in [-0.3, -0.25) is 0 Å². The highest BCUT2D eigenvalue weighted by Crippen LogP contribution is 2.27. The highest BCUT2D eigenvalue weighted by molar-refractivity contribution is 6.32. The second-order valence-electron chi connectivity index (χ2n) is 6.28. The van der Waals surface area contributed by atoms with E-state index in [9.17, 15) is 9.90 Å². The van der Waals surface area contributed by atoms with E-state index in [0.29, 0.717) is 23.6 Å². The highest BCUT2D eigenvalue weighted by atomic mass is 35.5. The van der Waals surface area contributed by atoms with E-state index < -0.39 is 5.97 Å². The Bertz CT molecular complexity index is 956. The lowest BCUT2D eigenvalue weighted by atomic mass is 10.1. The van der Waals surface area contributed by atoms with Crippen molar-refractivity contribution in [2.45, 2.75) is 26.8 Å². The van der Waals surface area contributed by atoms with Gasteiger partial charge in [-0.25, -0.2) is 4.79 Å². The van der Waals surface area contributed by atoms with E-state index in [4.69, 9.17) is 27.9 Å². The second-order valence-corrected chi connectivity index (χ2v) is 7.09. The molecule has 0 aliphatic carbocycles. The van der Waals surface area contributed by atoms with Crippen molar-refractivity contribution >= 4 is 40.1 Å². The zero-order chi connectivity index (χ0) is 18.8. The van der Waals surface area contributed by atoms with E-state index >= 15 is 0 Å². The first kappa shape index (κ1) is 18.6. The minimum atomic E-state index is -0.959. The molecule has 0 unspecified atom stereocenters. The highest BCUT2D eigenvalue weighted by Gasteiger charge is 2.14. The maximum absolute atomic E-state index is 11.5. The number of rotatable bonds is 6. The minimum Gasteiger partial charge on any atom is -0.494 e. The van der Waals surface area contributed by atoms with Crippen LogP contribution in [0.25, 0.3) is 10.9 Å². The maximum atomic E-state index is 11.5. The molecule has 26 heavy (non-hydrogen) atoms. The molecule has 0 saturated carbocycles. The molecular weight excluding hydrogens is 373 g/mol. The van der Waals surface area contributed by atoms with Gasteiger partial charge in [-0.15, -0.1) is 0 Å². The third-order valence-electron chi connectivity index (χ3n) is 4.30. The van der Waals surface area contributed by atoms with Crippen LogP contribution in [0.3, 0.4) is 0 Å². The molecule has 4 nitrogen and oxygen atoms in total. The van der Waals surface area contributed by atoms with Crippen molar-refractivity contribution in [3.63, 3.8) is 0 Å². The number of aromatic nitrogens is 1. The van der Waals surface area contributed by atoms with E-state index in [-0.39, 0.29) is 5.56 Å². The zero-order valence-corrected chi connectivity index (χ0v) is 16.1. The molecule has 0 aliphatic rings. The first-order chi connectivity index (χ1) is 12.4. The molecule has 2 aromatic carbocycles. The maximum Gasteiger partial charge on any atom is 0.337 e. The van der Waals surface area contributed by atoms with Gasteiger partial charge in [-0.1, -0.05) is 23.2 Å². The van der Waals surface area contributed by atoms with Crippen molar-refractivity contribution in [3.05, 3.63) is 63.3 Å². The molecule has 0 aliphatic heterocycles. The Kier molecular flexibility index (Phi) is 5.44. The first-order valence-electron chi connectivity index (χ1n) is 8.28. The molecular formula is C20H19Cl2NO3. The number of carboxylic acid groups (broad SMARTS) is 1. The number of aromatic carboxylic acids is 1. The average Bonchev–Trinajstić information content (AvgIpc) is 2.94. The van der Waals surface area contributed by atoms with E-state index in [1.807, 2.05) is 36.6 Å². The smallest absolute Gasteiger partial charge is 0.337 e. The van der Waals surface area contributed by atoms with Gasteiger partial charge in [0.15, 0.2) is 0 Å².